The number of anilines is 2. The Morgan fingerprint density at radius 2 is 1.71 bits per heavy atom. The molecule has 0 saturated heterocycles. The first-order valence-electron chi connectivity index (χ1n) is 11.7. The molecule has 2 aromatic carbocycles. The van der Waals surface area contributed by atoms with Crippen LogP contribution in [0.25, 0.3) is 0 Å². The summed E-state index contributed by atoms with van der Waals surface area (Å²) in [4.78, 5) is 13.3. The number of ether oxygens (including phenoxy) is 1. The zero-order valence-corrected chi connectivity index (χ0v) is 21.7. The molecule has 1 fully saturated rings. The number of fused-ring (bicyclic) bond motifs is 1. The van der Waals surface area contributed by atoms with Gasteiger partial charge in [-0.3, -0.25) is 4.79 Å². The molecule has 5 nitrogen and oxygen atoms in total. The first kappa shape index (κ1) is 29.9. The minimum absolute atomic E-state index is 0.0625. The molecule has 1 N–H and O–H groups in total. The van der Waals surface area contributed by atoms with E-state index in [0.717, 1.165) is 25.1 Å². The average Bonchev–Trinajstić information content (AvgIpc) is 3.62. The van der Waals surface area contributed by atoms with Crippen LogP contribution in [-0.2, 0) is 11.0 Å². The van der Waals surface area contributed by atoms with Crippen molar-refractivity contribution in [3.63, 3.8) is 0 Å². The topological polar surface area (TPSA) is 53.0 Å². The van der Waals surface area contributed by atoms with Gasteiger partial charge in [0.05, 0.1) is 16.1 Å². The van der Waals surface area contributed by atoms with E-state index >= 15 is 0 Å². The Hall–Kier alpha value is -2.67. The molecular formula is C25H27F7N2O3S. The van der Waals surface area contributed by atoms with E-state index in [1.54, 1.807) is 11.4 Å². The van der Waals surface area contributed by atoms with Crippen molar-refractivity contribution in [1.82, 2.24) is 4.31 Å². The molecular weight excluding hydrogens is 541 g/mol. The quantitative estimate of drug-likeness (QED) is 0.290. The molecule has 0 spiro atoms. The fourth-order valence-corrected chi connectivity index (χ4v) is 4.39. The van der Waals surface area contributed by atoms with Crippen LogP contribution < -0.4 is 9.64 Å². The second-order valence-corrected chi connectivity index (χ2v) is 10.6. The Morgan fingerprint density at radius 3 is 2.21 bits per heavy atom. The van der Waals surface area contributed by atoms with Gasteiger partial charge in [0.25, 0.3) is 0 Å². The first-order valence-corrected chi connectivity index (χ1v) is 12.4. The highest BCUT2D eigenvalue weighted by molar-refractivity contribution is 7.97. The molecule has 1 saturated carbocycles. The Bertz CT molecular complexity index is 1170. The SMILES string of the molecule is CCC(C)(F)F.CN1CCN(c2ccc(F)c(F)c2)c2cc(C(F)(F)F)c(OCC3(C(=O)O)CC3)cc2S1. The van der Waals surface area contributed by atoms with Gasteiger partial charge in [0.15, 0.2) is 11.6 Å². The van der Waals surface area contributed by atoms with Gasteiger partial charge in [-0.2, -0.15) is 13.2 Å². The van der Waals surface area contributed by atoms with Crippen LogP contribution in [0.3, 0.4) is 0 Å². The molecule has 1 aliphatic heterocycles. The number of nitrogens with zero attached hydrogens (tertiary/aromatic N) is 2. The van der Waals surface area contributed by atoms with Gasteiger partial charge in [0, 0.05) is 31.3 Å². The van der Waals surface area contributed by atoms with E-state index in [1.807, 2.05) is 0 Å². The van der Waals surface area contributed by atoms with Crippen LogP contribution in [0.15, 0.2) is 35.2 Å². The maximum Gasteiger partial charge on any atom is 0.420 e. The van der Waals surface area contributed by atoms with Gasteiger partial charge in [0.2, 0.25) is 5.92 Å². The lowest BCUT2D eigenvalue weighted by molar-refractivity contribution is -0.144. The molecule has 2 aliphatic rings. The number of benzene rings is 2. The first-order chi connectivity index (χ1) is 17.6. The number of carbonyl (C=O) groups is 1. The lowest BCUT2D eigenvalue weighted by Crippen LogP contribution is -2.25. The van der Waals surface area contributed by atoms with Gasteiger partial charge in [-0.15, -0.1) is 0 Å². The van der Waals surface area contributed by atoms with Gasteiger partial charge in [-0.25, -0.2) is 21.9 Å². The zero-order chi connectivity index (χ0) is 28.5. The molecule has 13 heteroatoms. The third-order valence-corrected chi connectivity index (χ3v) is 7.21. The van der Waals surface area contributed by atoms with E-state index in [1.165, 1.54) is 35.9 Å². The molecule has 0 amide bonds. The standard InChI is InChI=1S/C21H19F5N2O3S.C4H8F2/c1-27-6-7-28(12-2-3-14(22)15(23)8-12)16-9-13(21(24,25)26)17(10-18(16)32-27)31-11-20(4-5-20)19(29)30;1-3-4(2,5)6/h2-3,8-10H,4-7,11H2,1H3,(H,29,30);3H2,1-2H3. The van der Waals surface area contributed by atoms with E-state index in [0.29, 0.717) is 24.3 Å². The van der Waals surface area contributed by atoms with Crippen molar-refractivity contribution in [2.75, 3.05) is 31.6 Å². The van der Waals surface area contributed by atoms with Crippen molar-refractivity contribution in [2.24, 2.45) is 5.41 Å². The minimum Gasteiger partial charge on any atom is -0.492 e. The lowest BCUT2D eigenvalue weighted by atomic mass is 10.1. The van der Waals surface area contributed by atoms with Gasteiger partial charge >= 0.3 is 12.1 Å². The van der Waals surface area contributed by atoms with E-state index in [4.69, 9.17) is 4.74 Å². The Balaban J connectivity index is 0.000000599. The molecule has 38 heavy (non-hydrogen) atoms. The van der Waals surface area contributed by atoms with Gasteiger partial charge in [-0.1, -0.05) is 6.92 Å². The number of carboxylic acids is 1. The van der Waals surface area contributed by atoms with E-state index in [2.05, 4.69) is 0 Å². The number of alkyl halides is 5. The number of carboxylic acid groups (broad SMARTS) is 1. The molecule has 0 radical (unpaired) electrons. The van der Waals surface area contributed by atoms with Crippen molar-refractivity contribution in [3.05, 3.63) is 47.5 Å². The summed E-state index contributed by atoms with van der Waals surface area (Å²) < 4.78 is 99.0. The van der Waals surface area contributed by atoms with E-state index in [-0.39, 0.29) is 30.9 Å². The largest absolute Gasteiger partial charge is 0.492 e. The fourth-order valence-electron chi connectivity index (χ4n) is 3.46. The van der Waals surface area contributed by atoms with Crippen molar-refractivity contribution >= 4 is 29.3 Å². The van der Waals surface area contributed by atoms with Gasteiger partial charge < -0.3 is 14.7 Å². The molecule has 2 aromatic rings. The van der Waals surface area contributed by atoms with Crippen LogP contribution in [0.4, 0.5) is 42.1 Å². The normalized spacial score (nSPS) is 17.2. The summed E-state index contributed by atoms with van der Waals surface area (Å²) >= 11 is 1.19. The Kier molecular flexibility index (Phi) is 8.81. The number of halogens is 7. The second kappa shape index (κ2) is 11.2. The maximum atomic E-state index is 13.9. The summed E-state index contributed by atoms with van der Waals surface area (Å²) in [7, 11) is 1.75. The smallest absolute Gasteiger partial charge is 0.420 e. The van der Waals surface area contributed by atoms with Gasteiger partial charge in [0.1, 0.15) is 17.8 Å². The predicted molar refractivity (Wildman–Crippen MR) is 129 cm³/mol. The second-order valence-electron chi connectivity index (χ2n) is 9.30. The van der Waals surface area contributed by atoms with E-state index < -0.39 is 46.4 Å². The van der Waals surface area contributed by atoms with Crippen molar-refractivity contribution in [1.29, 1.82) is 0 Å². The molecule has 0 atom stereocenters. The van der Waals surface area contributed by atoms with E-state index in [9.17, 15) is 40.6 Å². The summed E-state index contributed by atoms with van der Waals surface area (Å²) in [6, 6.07) is 5.32. The van der Waals surface area contributed by atoms with Crippen LogP contribution in [0, 0.1) is 17.0 Å². The fraction of sp³-hybridized carbons (Fsp3) is 0.480. The van der Waals surface area contributed by atoms with Crippen molar-refractivity contribution in [2.45, 2.75) is 50.1 Å². The monoisotopic (exact) mass is 568 g/mol. The number of hydrogen-bond donors (Lipinski definition) is 1. The summed E-state index contributed by atoms with van der Waals surface area (Å²) in [5, 5.41) is 9.30. The van der Waals surface area contributed by atoms with Crippen LogP contribution in [0.5, 0.6) is 5.75 Å². The third-order valence-electron chi connectivity index (χ3n) is 6.20. The molecule has 0 aromatic heterocycles. The highest BCUT2D eigenvalue weighted by atomic mass is 32.2. The third kappa shape index (κ3) is 7.25. The molecule has 4 rings (SSSR count). The van der Waals surface area contributed by atoms with Crippen LogP contribution in [0.1, 0.15) is 38.7 Å². The van der Waals surface area contributed by atoms with Gasteiger partial charge in [-0.05, 0) is 63.0 Å². The van der Waals surface area contributed by atoms with Crippen LogP contribution >= 0.6 is 11.9 Å². The predicted octanol–water partition coefficient (Wildman–Crippen LogP) is 7.37. The highest BCUT2D eigenvalue weighted by Gasteiger charge is 2.51. The maximum absolute atomic E-state index is 13.9. The molecule has 0 bridgehead atoms. The van der Waals surface area contributed by atoms with Crippen LogP contribution in [0.2, 0.25) is 0 Å². The molecule has 0 unspecified atom stereocenters. The summed E-state index contributed by atoms with van der Waals surface area (Å²) in [5.41, 5.74) is -1.83. The number of aliphatic carboxylic acids is 1. The molecule has 210 valence electrons. The van der Waals surface area contributed by atoms with Crippen LogP contribution in [-0.4, -0.2) is 48.0 Å². The minimum atomic E-state index is -4.77. The molecule has 1 aliphatic carbocycles. The lowest BCUT2D eigenvalue weighted by Gasteiger charge is -2.26. The highest BCUT2D eigenvalue weighted by Crippen LogP contribution is 2.49. The van der Waals surface area contributed by atoms with Crippen molar-refractivity contribution < 1.29 is 45.4 Å². The Morgan fingerprint density at radius 1 is 1.08 bits per heavy atom. The van der Waals surface area contributed by atoms with Crippen molar-refractivity contribution in [3.8, 4) is 5.75 Å². The Labute approximate surface area is 219 Å². The summed E-state index contributed by atoms with van der Waals surface area (Å²) in [6.07, 6.45) is -4.15. The number of rotatable bonds is 6. The summed E-state index contributed by atoms with van der Waals surface area (Å²) in [5.74, 6) is -6.17. The summed E-state index contributed by atoms with van der Waals surface area (Å²) in [6.45, 7) is 2.67. The average molecular weight is 569 g/mol. The molecule has 1 heterocycles. The zero-order valence-electron chi connectivity index (χ0n) is 20.8. The number of likely N-dealkylation sites (N-methyl/N-ethyl adjacent to an activating group) is 1. The number of hydrogen-bond acceptors (Lipinski definition) is 5.